The second kappa shape index (κ2) is 10.4. The molecule has 0 spiro atoms. The monoisotopic (exact) mass is 502 g/mol. The number of primary amides is 1. The molecule has 0 bridgehead atoms. The molecule has 1 saturated heterocycles. The number of amides is 1. The minimum absolute atomic E-state index is 0.349. The van der Waals surface area contributed by atoms with E-state index in [9.17, 15) is 13.2 Å². The summed E-state index contributed by atoms with van der Waals surface area (Å²) in [4.78, 5) is 12.3. The number of nitrogens with zero attached hydrogens (tertiary/aromatic N) is 1. The van der Waals surface area contributed by atoms with Crippen LogP contribution in [-0.4, -0.2) is 31.7 Å². The van der Waals surface area contributed by atoms with Gasteiger partial charge in [0.05, 0.1) is 0 Å². The fourth-order valence-electron chi connectivity index (χ4n) is 4.22. The summed E-state index contributed by atoms with van der Waals surface area (Å²) in [6, 6.07) is 18.8. The Balaban J connectivity index is 1.37. The molecule has 2 N–H and O–H groups in total. The summed E-state index contributed by atoms with van der Waals surface area (Å²) in [7, 11) is -3.51. The van der Waals surface area contributed by atoms with Crippen LogP contribution in [0.15, 0.2) is 64.9 Å². The van der Waals surface area contributed by atoms with Crippen molar-refractivity contribution in [3.63, 3.8) is 0 Å². The molecular formula is C25H27ClN2O3S2. The molecule has 0 aliphatic carbocycles. The molecule has 2 aromatic carbocycles. The van der Waals surface area contributed by atoms with Gasteiger partial charge < -0.3 is 5.73 Å². The van der Waals surface area contributed by atoms with Crippen LogP contribution in [0.4, 0.5) is 0 Å². The number of nitrogens with two attached hydrogens (primary N) is 1. The predicted molar refractivity (Wildman–Crippen MR) is 133 cm³/mol. The molecule has 0 atom stereocenters. The Morgan fingerprint density at radius 1 is 1.06 bits per heavy atom. The van der Waals surface area contributed by atoms with Crippen molar-refractivity contribution in [2.24, 2.45) is 11.7 Å². The molecule has 0 saturated carbocycles. The van der Waals surface area contributed by atoms with Gasteiger partial charge in [0.25, 0.3) is 10.0 Å². The highest BCUT2D eigenvalue weighted by Crippen LogP contribution is 2.32. The summed E-state index contributed by atoms with van der Waals surface area (Å²) in [6.45, 7) is 1.11. The second-order valence-electron chi connectivity index (χ2n) is 8.44. The van der Waals surface area contributed by atoms with Crippen LogP contribution in [0.2, 0.25) is 5.02 Å². The minimum atomic E-state index is -3.51. The summed E-state index contributed by atoms with van der Waals surface area (Å²) >= 11 is 7.53. The van der Waals surface area contributed by atoms with E-state index in [-0.39, 0.29) is 0 Å². The van der Waals surface area contributed by atoms with E-state index in [1.807, 2.05) is 12.1 Å². The number of carbonyl (C=O) groups excluding carboxylic acids is 1. The molecule has 3 aromatic rings. The molecule has 33 heavy (non-hydrogen) atoms. The van der Waals surface area contributed by atoms with Crippen molar-refractivity contribution in [1.29, 1.82) is 0 Å². The summed E-state index contributed by atoms with van der Waals surface area (Å²) in [5, 5.41) is 0.524. The van der Waals surface area contributed by atoms with Crippen LogP contribution in [0, 0.1) is 5.92 Å². The molecular weight excluding hydrogens is 476 g/mol. The van der Waals surface area contributed by atoms with Gasteiger partial charge in [-0.05, 0) is 73.1 Å². The van der Waals surface area contributed by atoms with Crippen molar-refractivity contribution >= 4 is 38.9 Å². The van der Waals surface area contributed by atoms with Gasteiger partial charge in [-0.25, -0.2) is 8.42 Å². The average Bonchev–Trinajstić information content (AvgIpc) is 3.29. The number of hydrogen-bond donors (Lipinski definition) is 1. The van der Waals surface area contributed by atoms with Gasteiger partial charge >= 0.3 is 0 Å². The van der Waals surface area contributed by atoms with E-state index in [1.165, 1.54) is 16.9 Å². The van der Waals surface area contributed by atoms with Crippen molar-refractivity contribution in [3.8, 4) is 0 Å². The van der Waals surface area contributed by atoms with E-state index in [4.69, 9.17) is 17.3 Å². The summed E-state index contributed by atoms with van der Waals surface area (Å²) in [6.07, 6.45) is 4.35. The molecule has 5 nitrogen and oxygen atoms in total. The van der Waals surface area contributed by atoms with E-state index in [1.54, 1.807) is 28.6 Å². The third-order valence-electron chi connectivity index (χ3n) is 6.18. The van der Waals surface area contributed by atoms with Crippen molar-refractivity contribution in [2.45, 2.75) is 36.3 Å². The summed E-state index contributed by atoms with van der Waals surface area (Å²) < 4.78 is 28.4. The first-order chi connectivity index (χ1) is 15.8. The van der Waals surface area contributed by atoms with Gasteiger partial charge in [0.2, 0.25) is 5.91 Å². The lowest BCUT2D eigenvalue weighted by Crippen LogP contribution is -2.38. The fraction of sp³-hybridized carbons (Fsp3) is 0.320. The van der Waals surface area contributed by atoms with Gasteiger partial charge in [-0.1, -0.05) is 41.9 Å². The Kier molecular flexibility index (Phi) is 7.54. The quantitative estimate of drug-likeness (QED) is 0.464. The highest BCUT2D eigenvalue weighted by atomic mass is 35.5. The summed E-state index contributed by atoms with van der Waals surface area (Å²) in [5.41, 5.74) is 7.83. The van der Waals surface area contributed by atoms with Gasteiger partial charge in [0.15, 0.2) is 0 Å². The van der Waals surface area contributed by atoms with Crippen molar-refractivity contribution < 1.29 is 13.2 Å². The first-order valence-corrected chi connectivity index (χ1v) is 13.7. The minimum Gasteiger partial charge on any atom is -0.366 e. The zero-order valence-corrected chi connectivity index (χ0v) is 20.6. The number of benzene rings is 2. The van der Waals surface area contributed by atoms with Crippen molar-refractivity contribution in [3.05, 3.63) is 87.3 Å². The molecule has 1 fully saturated rings. The summed E-state index contributed by atoms with van der Waals surface area (Å²) in [5.74, 6) is 0.0322. The number of piperidine rings is 1. The number of hydrogen-bond acceptors (Lipinski definition) is 4. The Morgan fingerprint density at radius 3 is 2.48 bits per heavy atom. The maximum Gasteiger partial charge on any atom is 0.252 e. The lowest BCUT2D eigenvalue weighted by molar-refractivity contribution is 0.1000. The molecule has 8 heteroatoms. The van der Waals surface area contributed by atoms with Gasteiger partial charge in [0.1, 0.15) is 4.21 Å². The van der Waals surface area contributed by atoms with Crippen LogP contribution < -0.4 is 5.73 Å². The molecule has 1 aliphatic heterocycles. The first kappa shape index (κ1) is 24.0. The maximum atomic E-state index is 13.2. The van der Waals surface area contributed by atoms with Crippen LogP contribution in [0.3, 0.4) is 0 Å². The van der Waals surface area contributed by atoms with Crippen LogP contribution in [0.1, 0.15) is 45.6 Å². The predicted octanol–water partition coefficient (Wildman–Crippen LogP) is 5.12. The van der Waals surface area contributed by atoms with E-state index < -0.39 is 15.9 Å². The first-order valence-electron chi connectivity index (χ1n) is 11.0. The smallest absolute Gasteiger partial charge is 0.252 e. The van der Waals surface area contributed by atoms with Crippen LogP contribution in [0.5, 0.6) is 0 Å². The molecule has 0 unspecified atom stereocenters. The highest BCUT2D eigenvalue weighted by Gasteiger charge is 2.30. The Labute approximate surface area is 204 Å². The Morgan fingerprint density at radius 2 is 1.79 bits per heavy atom. The number of thiophene rings is 1. The normalized spacial score (nSPS) is 15.5. The molecule has 1 aliphatic rings. The third-order valence-corrected chi connectivity index (χ3v) is 10.0. The Hall–Kier alpha value is -2.19. The fourth-order valence-corrected chi connectivity index (χ4v) is 7.41. The van der Waals surface area contributed by atoms with Crippen LogP contribution >= 0.6 is 22.9 Å². The van der Waals surface area contributed by atoms with E-state index in [0.717, 1.165) is 36.1 Å². The lowest BCUT2D eigenvalue weighted by atomic mass is 9.91. The number of halogens is 1. The van der Waals surface area contributed by atoms with E-state index in [0.29, 0.717) is 40.2 Å². The zero-order valence-electron chi connectivity index (χ0n) is 18.2. The van der Waals surface area contributed by atoms with Gasteiger partial charge in [-0.15, -0.1) is 11.3 Å². The topological polar surface area (TPSA) is 80.5 Å². The number of rotatable bonds is 8. The number of sulfonamides is 1. The number of carbonyl (C=O) groups is 1. The van der Waals surface area contributed by atoms with Crippen LogP contribution in [0.25, 0.3) is 0 Å². The maximum absolute atomic E-state index is 13.2. The molecule has 0 radical (unpaired) electrons. The van der Waals surface area contributed by atoms with Crippen LogP contribution in [-0.2, 0) is 22.9 Å². The molecule has 174 valence electrons. The van der Waals surface area contributed by atoms with Gasteiger partial charge in [-0.3, -0.25) is 4.79 Å². The number of aryl methyl sites for hydroxylation is 1. The Bertz CT molecular complexity index is 1220. The van der Waals surface area contributed by atoms with Crippen molar-refractivity contribution in [2.75, 3.05) is 13.1 Å². The second-order valence-corrected chi connectivity index (χ2v) is 12.2. The molecule has 2 heterocycles. The standard InChI is InChI=1S/C25H27ClN2O3S2/c26-23-10-8-20(25(27)29)16-21(23)17-22-9-11-24(32-22)33(30,31)28-14-12-19(13-15-28)7-6-18-4-2-1-3-5-18/h1-5,8-11,16,19H,6-7,12-15,17H2,(H2,27,29). The van der Waals surface area contributed by atoms with E-state index >= 15 is 0 Å². The molecule has 1 aromatic heterocycles. The van der Waals surface area contributed by atoms with E-state index in [2.05, 4.69) is 24.3 Å². The van der Waals surface area contributed by atoms with Crippen molar-refractivity contribution in [1.82, 2.24) is 4.31 Å². The molecule has 1 amide bonds. The lowest BCUT2D eigenvalue weighted by Gasteiger charge is -2.30. The zero-order chi connectivity index (χ0) is 23.4. The molecule has 4 rings (SSSR count). The SMILES string of the molecule is NC(=O)c1ccc(Cl)c(Cc2ccc(S(=O)(=O)N3CCC(CCc4ccccc4)CC3)s2)c1. The highest BCUT2D eigenvalue weighted by molar-refractivity contribution is 7.91. The van der Waals surface area contributed by atoms with Gasteiger partial charge in [0, 0.05) is 35.0 Å². The van der Waals surface area contributed by atoms with Gasteiger partial charge in [-0.2, -0.15) is 4.31 Å². The average molecular weight is 503 g/mol. The third kappa shape index (κ3) is 5.84. The largest absolute Gasteiger partial charge is 0.366 e.